The first-order valence-electron chi connectivity index (χ1n) is 7.80. The van der Waals surface area contributed by atoms with Gasteiger partial charge in [0.1, 0.15) is 0 Å². The molecule has 0 aliphatic heterocycles. The van der Waals surface area contributed by atoms with Crippen molar-refractivity contribution >= 4 is 43.2 Å². The van der Waals surface area contributed by atoms with E-state index in [0.29, 0.717) is 0 Å². The fraction of sp³-hybridized carbons (Fsp3) is 0.0476. The number of hydrogen-bond donors (Lipinski definition) is 0. The normalized spacial score (nSPS) is 11.7. The molecule has 3 aromatic carbocycles. The van der Waals surface area contributed by atoms with Gasteiger partial charge >= 0.3 is 0 Å². The van der Waals surface area contributed by atoms with E-state index in [4.69, 9.17) is 0 Å². The van der Waals surface area contributed by atoms with E-state index in [0.717, 1.165) is 0 Å². The maximum Gasteiger partial charge on any atom is 0.0651 e. The lowest BCUT2D eigenvalue weighted by atomic mass is 10.1. The summed E-state index contributed by atoms with van der Waals surface area (Å²) in [7, 11) is 0. The second-order valence-electron chi connectivity index (χ2n) is 5.96. The fourth-order valence-electron chi connectivity index (χ4n) is 3.44. The zero-order valence-corrected chi connectivity index (χ0v) is 13.6. The van der Waals surface area contributed by atoms with Crippen LogP contribution in [-0.2, 0) is 0 Å². The first kappa shape index (κ1) is 12.9. The van der Waals surface area contributed by atoms with Gasteiger partial charge in [0, 0.05) is 16.0 Å². The smallest absolute Gasteiger partial charge is 0.0651 e. The molecule has 5 aromatic rings. The van der Waals surface area contributed by atoms with E-state index < -0.39 is 0 Å². The van der Waals surface area contributed by atoms with Crippen LogP contribution in [0.2, 0.25) is 0 Å². The van der Waals surface area contributed by atoms with Crippen LogP contribution >= 0.6 is 11.3 Å². The fourth-order valence-corrected chi connectivity index (χ4v) is 4.47. The minimum absolute atomic E-state index is 1.23. The molecule has 0 fully saturated rings. The molecule has 0 saturated heterocycles. The van der Waals surface area contributed by atoms with E-state index >= 15 is 0 Å². The van der Waals surface area contributed by atoms with Gasteiger partial charge in [-0.2, -0.15) is 0 Å². The van der Waals surface area contributed by atoms with Crippen molar-refractivity contribution < 1.29 is 0 Å². The number of aromatic nitrogens is 1. The van der Waals surface area contributed by atoms with Crippen LogP contribution in [0.4, 0.5) is 0 Å². The number of aryl methyl sites for hydroxylation is 1. The average molecular weight is 313 g/mol. The topological polar surface area (TPSA) is 4.93 Å². The summed E-state index contributed by atoms with van der Waals surface area (Å²) in [6.45, 7) is 2.18. The molecule has 0 radical (unpaired) electrons. The molecule has 5 rings (SSSR count). The summed E-state index contributed by atoms with van der Waals surface area (Å²) in [6, 6.07) is 26.3. The van der Waals surface area contributed by atoms with Gasteiger partial charge in [0.2, 0.25) is 0 Å². The van der Waals surface area contributed by atoms with Gasteiger partial charge < -0.3 is 4.57 Å². The molecule has 0 saturated carbocycles. The maximum atomic E-state index is 2.39. The predicted octanol–water partition coefficient (Wildman–Crippen LogP) is 6.31. The van der Waals surface area contributed by atoms with Gasteiger partial charge in [-0.1, -0.05) is 48.5 Å². The lowest BCUT2D eigenvalue weighted by Crippen LogP contribution is -1.93. The van der Waals surface area contributed by atoms with Crippen LogP contribution in [0.3, 0.4) is 0 Å². The van der Waals surface area contributed by atoms with Gasteiger partial charge in [-0.25, -0.2) is 0 Å². The highest BCUT2D eigenvalue weighted by atomic mass is 32.1. The highest BCUT2D eigenvalue weighted by molar-refractivity contribution is 7.20. The zero-order valence-electron chi connectivity index (χ0n) is 12.8. The molecule has 23 heavy (non-hydrogen) atoms. The van der Waals surface area contributed by atoms with Crippen LogP contribution in [0.25, 0.3) is 37.6 Å². The number of fused-ring (bicyclic) bond motifs is 4. The molecular weight excluding hydrogens is 298 g/mol. The Hall–Kier alpha value is -2.58. The van der Waals surface area contributed by atoms with E-state index in [1.54, 1.807) is 0 Å². The monoisotopic (exact) mass is 313 g/mol. The quantitative estimate of drug-likeness (QED) is 0.342. The summed E-state index contributed by atoms with van der Waals surface area (Å²) in [6.07, 6.45) is 0. The van der Waals surface area contributed by atoms with Crippen LogP contribution in [0.15, 0.2) is 72.8 Å². The molecule has 0 aliphatic carbocycles. The summed E-state index contributed by atoms with van der Waals surface area (Å²) in [4.78, 5) is 1.36. The van der Waals surface area contributed by atoms with E-state index in [9.17, 15) is 0 Å². The Morgan fingerprint density at radius 3 is 2.43 bits per heavy atom. The number of para-hydroxylation sites is 1. The van der Waals surface area contributed by atoms with Crippen LogP contribution in [-0.4, -0.2) is 4.57 Å². The van der Waals surface area contributed by atoms with Gasteiger partial charge in [-0.05, 0) is 42.0 Å². The summed E-state index contributed by atoms with van der Waals surface area (Å²) >= 11 is 1.88. The van der Waals surface area contributed by atoms with Gasteiger partial charge in [0.15, 0.2) is 0 Å². The van der Waals surface area contributed by atoms with Crippen molar-refractivity contribution in [2.75, 3.05) is 0 Å². The van der Waals surface area contributed by atoms with Crippen molar-refractivity contribution in [3.63, 3.8) is 0 Å². The number of thiophene rings is 1. The molecule has 1 nitrogen and oxygen atoms in total. The molecule has 2 heterocycles. The summed E-state index contributed by atoms with van der Waals surface area (Å²) in [5.74, 6) is 0. The molecule has 2 heteroatoms. The van der Waals surface area contributed by atoms with Crippen molar-refractivity contribution in [3.05, 3.63) is 77.7 Å². The number of hydrogen-bond acceptors (Lipinski definition) is 1. The highest BCUT2D eigenvalue weighted by Crippen LogP contribution is 2.37. The van der Waals surface area contributed by atoms with Crippen LogP contribution in [0.1, 0.15) is 4.88 Å². The average Bonchev–Trinajstić information content (AvgIpc) is 3.09. The van der Waals surface area contributed by atoms with Crippen molar-refractivity contribution in [1.82, 2.24) is 4.57 Å². The van der Waals surface area contributed by atoms with Crippen molar-refractivity contribution in [2.24, 2.45) is 0 Å². The Morgan fingerprint density at radius 1 is 0.739 bits per heavy atom. The molecular formula is C21H15NS. The van der Waals surface area contributed by atoms with Gasteiger partial charge in [-0.3, -0.25) is 0 Å². The third-order valence-electron chi connectivity index (χ3n) is 4.46. The molecule has 0 unspecified atom stereocenters. The van der Waals surface area contributed by atoms with Crippen LogP contribution in [0.5, 0.6) is 0 Å². The molecule has 0 spiro atoms. The van der Waals surface area contributed by atoms with E-state index in [1.807, 2.05) is 11.3 Å². The molecule has 0 atom stereocenters. The SMILES string of the molecule is Cc1cc2c(s1)c1ccccc1n2-c1ccc2ccccc2c1. The Bertz CT molecular complexity index is 1180. The van der Waals surface area contributed by atoms with Crippen LogP contribution < -0.4 is 0 Å². The standard InChI is InChI=1S/C21H15NS/c1-14-12-20-21(23-14)18-8-4-5-9-19(18)22(20)17-11-10-15-6-2-3-7-16(15)13-17/h2-13H,1H3. The Kier molecular flexibility index (Phi) is 2.64. The maximum absolute atomic E-state index is 2.39. The lowest BCUT2D eigenvalue weighted by molar-refractivity contribution is 1.19. The summed E-state index contributed by atoms with van der Waals surface area (Å²) in [5.41, 5.74) is 3.82. The van der Waals surface area contributed by atoms with Gasteiger partial charge in [0.05, 0.1) is 15.7 Å². The molecule has 0 amide bonds. The number of rotatable bonds is 1. The first-order chi connectivity index (χ1) is 11.3. The van der Waals surface area contributed by atoms with Crippen molar-refractivity contribution in [2.45, 2.75) is 6.92 Å². The Morgan fingerprint density at radius 2 is 1.52 bits per heavy atom. The summed E-state index contributed by atoms with van der Waals surface area (Å²) in [5, 5.41) is 3.90. The molecule has 110 valence electrons. The Balaban J connectivity index is 1.92. The number of nitrogens with zero attached hydrogens (tertiary/aromatic N) is 1. The molecule has 0 N–H and O–H groups in total. The van der Waals surface area contributed by atoms with Crippen molar-refractivity contribution in [1.29, 1.82) is 0 Å². The van der Waals surface area contributed by atoms with E-state index in [2.05, 4.69) is 84.3 Å². The molecule has 2 aromatic heterocycles. The van der Waals surface area contributed by atoms with Crippen LogP contribution in [0, 0.1) is 6.92 Å². The summed E-state index contributed by atoms with van der Waals surface area (Å²) < 4.78 is 3.77. The third-order valence-corrected chi connectivity index (χ3v) is 5.53. The molecule has 0 aliphatic rings. The zero-order chi connectivity index (χ0) is 15.4. The minimum Gasteiger partial charge on any atom is -0.308 e. The highest BCUT2D eigenvalue weighted by Gasteiger charge is 2.14. The van der Waals surface area contributed by atoms with Gasteiger partial charge in [-0.15, -0.1) is 11.3 Å². The largest absolute Gasteiger partial charge is 0.308 e. The molecule has 0 bridgehead atoms. The van der Waals surface area contributed by atoms with Gasteiger partial charge in [0.25, 0.3) is 0 Å². The second kappa shape index (κ2) is 4.71. The Labute approximate surface area is 138 Å². The predicted molar refractivity (Wildman–Crippen MR) is 101 cm³/mol. The first-order valence-corrected chi connectivity index (χ1v) is 8.62. The van der Waals surface area contributed by atoms with E-state index in [1.165, 1.54) is 42.5 Å². The van der Waals surface area contributed by atoms with E-state index in [-0.39, 0.29) is 0 Å². The minimum atomic E-state index is 1.23. The lowest BCUT2D eigenvalue weighted by Gasteiger charge is -2.08. The number of benzene rings is 3. The third kappa shape index (κ3) is 1.85. The van der Waals surface area contributed by atoms with Crippen molar-refractivity contribution in [3.8, 4) is 5.69 Å². The second-order valence-corrected chi connectivity index (χ2v) is 7.21.